The smallest absolute Gasteiger partial charge is 0.306 e. The molecule has 0 aliphatic carbocycles. The molecule has 1 unspecified atom stereocenters. The monoisotopic (exact) mass is 1120 g/mol. The molecule has 0 radical (unpaired) electrons. The SMILES string of the molecule is CCCCCCC/C=C\C/C=C\C/C=C\CCCCCCCCCCCCCCCCCCC(=O)OCC(COC(=O)CCCCCCCC)OC(=O)CCCCCCCCCCCCCCC/C=C\CCCCCCCCCC. The molecule has 0 rings (SSSR count). The number of allylic oxidation sites excluding steroid dienone is 8. The van der Waals surface area contributed by atoms with Gasteiger partial charge in [0.25, 0.3) is 0 Å². The van der Waals surface area contributed by atoms with Crippen molar-refractivity contribution in [3.63, 3.8) is 0 Å². The topological polar surface area (TPSA) is 78.9 Å². The average Bonchev–Trinajstić information content (AvgIpc) is 3.46. The van der Waals surface area contributed by atoms with E-state index in [4.69, 9.17) is 14.2 Å². The third-order valence-corrected chi connectivity index (χ3v) is 16.1. The summed E-state index contributed by atoms with van der Waals surface area (Å²) in [7, 11) is 0. The molecule has 0 saturated heterocycles. The van der Waals surface area contributed by atoms with Crippen molar-refractivity contribution in [2.45, 2.75) is 393 Å². The summed E-state index contributed by atoms with van der Waals surface area (Å²) in [5.41, 5.74) is 0. The van der Waals surface area contributed by atoms with Gasteiger partial charge < -0.3 is 14.2 Å². The first kappa shape index (κ1) is 77.4. The van der Waals surface area contributed by atoms with Crippen LogP contribution < -0.4 is 0 Å². The maximum Gasteiger partial charge on any atom is 0.306 e. The quantitative estimate of drug-likeness (QED) is 0.0261. The van der Waals surface area contributed by atoms with Crippen molar-refractivity contribution in [2.75, 3.05) is 13.2 Å². The summed E-state index contributed by atoms with van der Waals surface area (Å²) < 4.78 is 16.9. The van der Waals surface area contributed by atoms with Crippen molar-refractivity contribution >= 4 is 17.9 Å². The second kappa shape index (κ2) is 68.9. The van der Waals surface area contributed by atoms with E-state index in [-0.39, 0.29) is 31.1 Å². The van der Waals surface area contributed by atoms with E-state index in [9.17, 15) is 14.4 Å². The highest BCUT2D eigenvalue weighted by molar-refractivity contribution is 5.71. The lowest BCUT2D eigenvalue weighted by molar-refractivity contribution is -0.167. The maximum atomic E-state index is 12.9. The van der Waals surface area contributed by atoms with Crippen molar-refractivity contribution in [2.24, 2.45) is 0 Å². The fraction of sp³-hybridized carbons (Fsp3) is 0.851. The second-order valence-electron chi connectivity index (χ2n) is 24.1. The number of unbranched alkanes of at least 4 members (excludes halogenated alkanes) is 47. The Morgan fingerprint density at radius 1 is 0.250 bits per heavy atom. The van der Waals surface area contributed by atoms with Crippen LogP contribution in [-0.4, -0.2) is 37.2 Å². The number of hydrogen-bond acceptors (Lipinski definition) is 6. The van der Waals surface area contributed by atoms with Gasteiger partial charge in [-0.1, -0.05) is 333 Å². The summed E-state index contributed by atoms with van der Waals surface area (Å²) in [6, 6.07) is 0. The predicted molar refractivity (Wildman–Crippen MR) is 349 cm³/mol. The zero-order chi connectivity index (χ0) is 57.8. The number of esters is 3. The summed E-state index contributed by atoms with van der Waals surface area (Å²) >= 11 is 0. The van der Waals surface area contributed by atoms with E-state index in [1.807, 2.05) is 0 Å². The van der Waals surface area contributed by atoms with Crippen LogP contribution in [0.3, 0.4) is 0 Å². The molecule has 0 saturated carbocycles. The maximum absolute atomic E-state index is 12.9. The molecule has 6 heteroatoms. The number of ether oxygens (including phenoxy) is 3. The lowest BCUT2D eigenvalue weighted by Crippen LogP contribution is -2.30. The Morgan fingerprint density at radius 3 is 0.713 bits per heavy atom. The summed E-state index contributed by atoms with van der Waals surface area (Å²) in [6.07, 6.45) is 87.6. The molecule has 0 aliphatic heterocycles. The van der Waals surface area contributed by atoms with Crippen LogP contribution in [0.4, 0.5) is 0 Å². The van der Waals surface area contributed by atoms with Crippen molar-refractivity contribution in [3.8, 4) is 0 Å². The van der Waals surface area contributed by atoms with Crippen LogP contribution in [0.2, 0.25) is 0 Å². The molecule has 0 bridgehead atoms. The highest BCUT2D eigenvalue weighted by atomic mass is 16.6. The number of carbonyl (C=O) groups excluding carboxylic acids is 3. The molecule has 0 aliphatic rings. The number of rotatable bonds is 66. The highest BCUT2D eigenvalue weighted by Crippen LogP contribution is 2.18. The van der Waals surface area contributed by atoms with Crippen LogP contribution >= 0.6 is 0 Å². The third-order valence-electron chi connectivity index (χ3n) is 16.1. The van der Waals surface area contributed by atoms with Crippen molar-refractivity contribution in [3.05, 3.63) is 48.6 Å². The normalized spacial score (nSPS) is 12.3. The van der Waals surface area contributed by atoms with E-state index in [0.29, 0.717) is 19.3 Å². The highest BCUT2D eigenvalue weighted by Gasteiger charge is 2.19. The van der Waals surface area contributed by atoms with E-state index in [2.05, 4.69) is 69.4 Å². The number of hydrogen-bond donors (Lipinski definition) is 0. The van der Waals surface area contributed by atoms with Gasteiger partial charge in [-0.25, -0.2) is 0 Å². The molecule has 0 aromatic heterocycles. The van der Waals surface area contributed by atoms with E-state index in [1.165, 1.54) is 276 Å². The fourth-order valence-electron chi connectivity index (χ4n) is 10.7. The Labute approximate surface area is 498 Å². The molecular weight excluding hydrogens is 985 g/mol. The van der Waals surface area contributed by atoms with Crippen LogP contribution in [0.1, 0.15) is 387 Å². The van der Waals surface area contributed by atoms with E-state index >= 15 is 0 Å². The molecule has 0 aromatic rings. The van der Waals surface area contributed by atoms with E-state index in [1.54, 1.807) is 0 Å². The van der Waals surface area contributed by atoms with Crippen LogP contribution in [0.15, 0.2) is 48.6 Å². The predicted octanol–water partition coefficient (Wildman–Crippen LogP) is 24.5. The Bertz CT molecular complexity index is 1380. The van der Waals surface area contributed by atoms with Crippen LogP contribution in [-0.2, 0) is 28.6 Å². The zero-order valence-electron chi connectivity index (χ0n) is 53.9. The first-order chi connectivity index (χ1) is 39.5. The first-order valence-corrected chi connectivity index (χ1v) is 35.6. The minimum absolute atomic E-state index is 0.0687. The molecule has 0 amide bonds. The van der Waals surface area contributed by atoms with E-state index < -0.39 is 6.10 Å². The lowest BCUT2D eigenvalue weighted by atomic mass is 10.0. The van der Waals surface area contributed by atoms with Gasteiger partial charge in [0.15, 0.2) is 6.10 Å². The van der Waals surface area contributed by atoms with Gasteiger partial charge in [-0.15, -0.1) is 0 Å². The Kier molecular flexibility index (Phi) is 66.6. The molecule has 0 N–H and O–H groups in total. The molecule has 0 fully saturated rings. The molecule has 6 nitrogen and oxygen atoms in total. The van der Waals surface area contributed by atoms with Crippen molar-refractivity contribution < 1.29 is 28.6 Å². The zero-order valence-corrected chi connectivity index (χ0v) is 53.9. The summed E-state index contributed by atoms with van der Waals surface area (Å²) in [5, 5.41) is 0. The fourth-order valence-corrected chi connectivity index (χ4v) is 10.7. The van der Waals surface area contributed by atoms with Gasteiger partial charge in [-0.2, -0.15) is 0 Å². The minimum atomic E-state index is -0.769. The van der Waals surface area contributed by atoms with Crippen molar-refractivity contribution in [1.82, 2.24) is 0 Å². The summed E-state index contributed by atoms with van der Waals surface area (Å²) in [4.78, 5) is 38.1. The molecule has 468 valence electrons. The Balaban J connectivity index is 3.98. The van der Waals surface area contributed by atoms with Gasteiger partial charge in [0, 0.05) is 19.3 Å². The van der Waals surface area contributed by atoms with Gasteiger partial charge >= 0.3 is 17.9 Å². The minimum Gasteiger partial charge on any atom is -0.462 e. The van der Waals surface area contributed by atoms with Crippen molar-refractivity contribution in [1.29, 1.82) is 0 Å². The molecular formula is C74H136O6. The lowest BCUT2D eigenvalue weighted by Gasteiger charge is -2.18. The molecule has 1 atom stereocenters. The Morgan fingerprint density at radius 2 is 0.450 bits per heavy atom. The molecule has 80 heavy (non-hydrogen) atoms. The van der Waals surface area contributed by atoms with Gasteiger partial charge in [0.2, 0.25) is 0 Å². The van der Waals surface area contributed by atoms with Crippen LogP contribution in [0, 0.1) is 0 Å². The largest absolute Gasteiger partial charge is 0.462 e. The van der Waals surface area contributed by atoms with Crippen LogP contribution in [0.5, 0.6) is 0 Å². The summed E-state index contributed by atoms with van der Waals surface area (Å²) in [5.74, 6) is -0.856. The van der Waals surface area contributed by atoms with E-state index in [0.717, 1.165) is 70.6 Å². The first-order valence-electron chi connectivity index (χ1n) is 35.6. The summed E-state index contributed by atoms with van der Waals surface area (Å²) in [6.45, 7) is 6.63. The van der Waals surface area contributed by atoms with Gasteiger partial charge in [0.05, 0.1) is 0 Å². The average molecular weight is 1120 g/mol. The third kappa shape index (κ3) is 66.2. The number of carbonyl (C=O) groups is 3. The molecule has 0 heterocycles. The van der Waals surface area contributed by atoms with Gasteiger partial charge in [-0.05, 0) is 83.5 Å². The Hall–Kier alpha value is -2.63. The molecule has 0 aromatic carbocycles. The molecule has 0 spiro atoms. The van der Waals surface area contributed by atoms with Gasteiger partial charge in [0.1, 0.15) is 13.2 Å². The second-order valence-corrected chi connectivity index (χ2v) is 24.1. The van der Waals surface area contributed by atoms with Crippen LogP contribution in [0.25, 0.3) is 0 Å². The van der Waals surface area contributed by atoms with Gasteiger partial charge in [-0.3, -0.25) is 14.4 Å². The standard InChI is InChI=1S/C74H136O6/c1-4-7-10-13-16-18-20-22-24-26-28-30-32-34-35-36-37-38-39-41-42-44-46-48-50-52-54-56-58-61-64-67-73(76)79-70-71(69-78-72(75)66-63-60-15-12-9-6-3)80-74(77)68-65-62-59-57-55-53-51-49-47-45-43-40-33-31-29-27-25-23-21-19-17-14-11-8-5-2/h20,22,26-29,32,34,71H,4-19,21,23-25,30-31,33,35-70H2,1-3H3/b22-20-,28-26-,29-27-,34-32-.